The van der Waals surface area contributed by atoms with Crippen LogP contribution in [0.1, 0.15) is 19.8 Å². The summed E-state index contributed by atoms with van der Waals surface area (Å²) in [6.07, 6.45) is 3.91. The van der Waals surface area contributed by atoms with Gasteiger partial charge in [-0.15, -0.1) is 6.58 Å². The molecular formula is C10H19NO2. The van der Waals surface area contributed by atoms with Crippen LogP contribution in [-0.4, -0.2) is 31.5 Å². The van der Waals surface area contributed by atoms with E-state index in [1.54, 1.807) is 0 Å². The molecule has 3 heteroatoms. The molecule has 0 aliphatic carbocycles. The van der Waals surface area contributed by atoms with Gasteiger partial charge in [-0.3, -0.25) is 0 Å². The van der Waals surface area contributed by atoms with E-state index in [9.17, 15) is 0 Å². The van der Waals surface area contributed by atoms with Gasteiger partial charge in [0.15, 0.2) is 0 Å². The molecule has 1 saturated heterocycles. The van der Waals surface area contributed by atoms with Crippen molar-refractivity contribution in [1.82, 2.24) is 0 Å². The van der Waals surface area contributed by atoms with Crippen molar-refractivity contribution in [3.05, 3.63) is 12.7 Å². The Morgan fingerprint density at radius 1 is 1.62 bits per heavy atom. The molecule has 13 heavy (non-hydrogen) atoms. The van der Waals surface area contributed by atoms with E-state index in [1.165, 1.54) is 0 Å². The second kappa shape index (κ2) is 5.37. The summed E-state index contributed by atoms with van der Waals surface area (Å²) < 4.78 is 11.0. The zero-order valence-corrected chi connectivity index (χ0v) is 8.24. The van der Waals surface area contributed by atoms with Crippen molar-refractivity contribution in [3.8, 4) is 0 Å². The molecule has 1 rings (SSSR count). The molecule has 0 saturated carbocycles. The lowest BCUT2D eigenvalue weighted by Crippen LogP contribution is -2.38. The monoisotopic (exact) mass is 185 g/mol. The Morgan fingerprint density at radius 3 is 3.00 bits per heavy atom. The summed E-state index contributed by atoms with van der Waals surface area (Å²) in [5.41, 5.74) is 5.85. The van der Waals surface area contributed by atoms with Gasteiger partial charge in [0.1, 0.15) is 0 Å². The molecule has 3 nitrogen and oxygen atoms in total. The van der Waals surface area contributed by atoms with E-state index < -0.39 is 0 Å². The van der Waals surface area contributed by atoms with Crippen molar-refractivity contribution < 1.29 is 9.47 Å². The van der Waals surface area contributed by atoms with Crippen LogP contribution in [0, 0.1) is 0 Å². The highest BCUT2D eigenvalue weighted by molar-refractivity contribution is 4.79. The molecule has 0 aromatic heterocycles. The zero-order valence-electron chi connectivity index (χ0n) is 8.24. The fourth-order valence-electron chi connectivity index (χ4n) is 1.54. The van der Waals surface area contributed by atoms with Gasteiger partial charge in [0.25, 0.3) is 0 Å². The first kappa shape index (κ1) is 10.7. The first-order valence-corrected chi connectivity index (χ1v) is 4.82. The smallest absolute Gasteiger partial charge is 0.0828 e. The lowest BCUT2D eigenvalue weighted by atomic mass is 10.1. The summed E-state index contributed by atoms with van der Waals surface area (Å²) >= 11 is 0. The Kier molecular flexibility index (Phi) is 4.42. The van der Waals surface area contributed by atoms with Gasteiger partial charge in [-0.1, -0.05) is 6.08 Å². The predicted octanol–water partition coefficient (Wildman–Crippen LogP) is 1.08. The quantitative estimate of drug-likeness (QED) is 0.667. The largest absolute Gasteiger partial charge is 0.376 e. The average molecular weight is 185 g/mol. The maximum absolute atomic E-state index is 5.85. The minimum absolute atomic E-state index is 0.149. The standard InChI is InChI=1S/C10H19NO2/c1-3-4-9(11)5-10-7-12-6-8(2)13-10/h3,8-10H,1,4-7,11H2,2H3. The average Bonchev–Trinajstić information content (AvgIpc) is 2.04. The molecule has 1 aliphatic rings. The van der Waals surface area contributed by atoms with Crippen molar-refractivity contribution in [2.75, 3.05) is 13.2 Å². The van der Waals surface area contributed by atoms with Crippen molar-refractivity contribution in [3.63, 3.8) is 0 Å². The summed E-state index contributed by atoms with van der Waals surface area (Å²) in [6.45, 7) is 7.05. The van der Waals surface area contributed by atoms with Crippen LogP contribution >= 0.6 is 0 Å². The second-order valence-electron chi connectivity index (χ2n) is 3.63. The molecule has 0 spiro atoms. The molecular weight excluding hydrogens is 166 g/mol. The van der Waals surface area contributed by atoms with Crippen LogP contribution in [0.15, 0.2) is 12.7 Å². The van der Waals surface area contributed by atoms with Crippen molar-refractivity contribution >= 4 is 0 Å². The number of rotatable bonds is 4. The van der Waals surface area contributed by atoms with Crippen LogP contribution in [0.25, 0.3) is 0 Å². The van der Waals surface area contributed by atoms with Gasteiger partial charge >= 0.3 is 0 Å². The third-order valence-corrected chi connectivity index (χ3v) is 2.12. The van der Waals surface area contributed by atoms with Crippen molar-refractivity contribution in [1.29, 1.82) is 0 Å². The van der Waals surface area contributed by atoms with E-state index in [4.69, 9.17) is 15.2 Å². The SMILES string of the molecule is C=CCC(N)CC1COCC(C)O1. The van der Waals surface area contributed by atoms with Gasteiger partial charge in [0, 0.05) is 6.04 Å². The topological polar surface area (TPSA) is 44.5 Å². The maximum Gasteiger partial charge on any atom is 0.0828 e. The van der Waals surface area contributed by atoms with Gasteiger partial charge in [-0.05, 0) is 19.8 Å². The Morgan fingerprint density at radius 2 is 2.38 bits per heavy atom. The van der Waals surface area contributed by atoms with Gasteiger partial charge in [-0.25, -0.2) is 0 Å². The Hall–Kier alpha value is -0.380. The molecule has 0 bridgehead atoms. The van der Waals surface area contributed by atoms with Gasteiger partial charge in [0.2, 0.25) is 0 Å². The van der Waals surface area contributed by atoms with E-state index in [0.717, 1.165) is 12.8 Å². The third-order valence-electron chi connectivity index (χ3n) is 2.12. The molecule has 3 atom stereocenters. The molecule has 1 heterocycles. The fourth-order valence-corrected chi connectivity index (χ4v) is 1.54. The van der Waals surface area contributed by atoms with E-state index in [2.05, 4.69) is 6.58 Å². The van der Waals surface area contributed by atoms with Crippen LogP contribution in [0.2, 0.25) is 0 Å². The second-order valence-corrected chi connectivity index (χ2v) is 3.63. The molecule has 0 aromatic rings. The number of hydrogen-bond donors (Lipinski definition) is 1. The van der Waals surface area contributed by atoms with E-state index in [-0.39, 0.29) is 18.2 Å². The van der Waals surface area contributed by atoms with Gasteiger partial charge in [-0.2, -0.15) is 0 Å². The van der Waals surface area contributed by atoms with Gasteiger partial charge in [0.05, 0.1) is 25.4 Å². The molecule has 0 radical (unpaired) electrons. The molecule has 1 aliphatic heterocycles. The highest BCUT2D eigenvalue weighted by atomic mass is 16.6. The first-order chi connectivity index (χ1) is 6.22. The highest BCUT2D eigenvalue weighted by Gasteiger charge is 2.21. The lowest BCUT2D eigenvalue weighted by Gasteiger charge is -2.29. The molecule has 1 fully saturated rings. The fraction of sp³-hybridized carbons (Fsp3) is 0.800. The minimum atomic E-state index is 0.149. The summed E-state index contributed by atoms with van der Waals surface area (Å²) in [5, 5.41) is 0. The number of hydrogen-bond acceptors (Lipinski definition) is 3. The van der Waals surface area contributed by atoms with Crippen molar-refractivity contribution in [2.45, 2.75) is 38.0 Å². The zero-order chi connectivity index (χ0) is 9.68. The molecule has 0 amide bonds. The molecule has 76 valence electrons. The summed E-state index contributed by atoms with van der Waals surface area (Å²) in [6, 6.07) is 0.149. The van der Waals surface area contributed by atoms with Crippen molar-refractivity contribution in [2.24, 2.45) is 5.73 Å². The van der Waals surface area contributed by atoms with E-state index in [1.807, 2.05) is 13.0 Å². The van der Waals surface area contributed by atoms with Gasteiger partial charge < -0.3 is 15.2 Å². The minimum Gasteiger partial charge on any atom is -0.376 e. The third kappa shape index (κ3) is 3.89. The lowest BCUT2D eigenvalue weighted by molar-refractivity contribution is -0.133. The van der Waals surface area contributed by atoms with Crippen LogP contribution in [0.3, 0.4) is 0 Å². The Bertz CT molecular complexity index is 161. The van der Waals surface area contributed by atoms with Crippen LogP contribution in [0.4, 0.5) is 0 Å². The molecule has 3 unspecified atom stereocenters. The first-order valence-electron chi connectivity index (χ1n) is 4.82. The summed E-state index contributed by atoms with van der Waals surface area (Å²) in [7, 11) is 0. The normalized spacial score (nSPS) is 31.2. The molecule has 2 N–H and O–H groups in total. The van der Waals surface area contributed by atoms with Crippen LogP contribution in [0.5, 0.6) is 0 Å². The number of nitrogens with two attached hydrogens (primary N) is 1. The molecule has 0 aromatic carbocycles. The predicted molar refractivity (Wildman–Crippen MR) is 52.6 cm³/mol. The summed E-state index contributed by atoms with van der Waals surface area (Å²) in [4.78, 5) is 0. The maximum atomic E-state index is 5.85. The van der Waals surface area contributed by atoms with Crippen LogP contribution < -0.4 is 5.73 Å². The Labute approximate surface area is 79.9 Å². The Balaban J connectivity index is 2.22. The summed E-state index contributed by atoms with van der Waals surface area (Å²) in [5.74, 6) is 0. The number of ether oxygens (including phenoxy) is 2. The van der Waals surface area contributed by atoms with E-state index in [0.29, 0.717) is 13.2 Å². The van der Waals surface area contributed by atoms with E-state index >= 15 is 0 Å². The van der Waals surface area contributed by atoms with Crippen LogP contribution in [-0.2, 0) is 9.47 Å². The highest BCUT2D eigenvalue weighted by Crippen LogP contribution is 2.12.